The molecule has 2 rings (SSSR count). The van der Waals surface area contributed by atoms with Crippen molar-refractivity contribution in [3.05, 3.63) is 58.8 Å². The Hall–Kier alpha value is -1.88. The molecule has 2 N–H and O–H groups in total. The fraction of sp³-hybridized carbons (Fsp3) is 0.133. The first-order valence-corrected chi connectivity index (χ1v) is 6.97. The van der Waals surface area contributed by atoms with Gasteiger partial charge in [-0.2, -0.15) is 0 Å². The highest BCUT2D eigenvalue weighted by Crippen LogP contribution is 2.14. The minimum atomic E-state index is -0.320. The molecular formula is C15H14BrFN2O. The smallest absolute Gasteiger partial charge is 0.226 e. The van der Waals surface area contributed by atoms with Gasteiger partial charge in [0.15, 0.2) is 0 Å². The fourth-order valence-electron chi connectivity index (χ4n) is 1.64. The van der Waals surface area contributed by atoms with Crippen molar-refractivity contribution in [3.63, 3.8) is 0 Å². The predicted octanol–water partition coefficient (Wildman–Crippen LogP) is 4.03. The van der Waals surface area contributed by atoms with Crippen LogP contribution in [0.4, 0.5) is 15.8 Å². The number of carbonyl (C=O) groups is 1. The van der Waals surface area contributed by atoms with E-state index in [1.807, 2.05) is 24.3 Å². The van der Waals surface area contributed by atoms with Crippen LogP contribution in [0.2, 0.25) is 0 Å². The van der Waals surface area contributed by atoms with Crippen molar-refractivity contribution >= 4 is 33.2 Å². The third-order valence-electron chi connectivity index (χ3n) is 2.65. The van der Waals surface area contributed by atoms with Gasteiger partial charge in [-0.05, 0) is 48.5 Å². The van der Waals surface area contributed by atoms with Crippen molar-refractivity contribution in [1.82, 2.24) is 0 Å². The molecule has 2 aromatic carbocycles. The van der Waals surface area contributed by atoms with E-state index in [0.717, 1.165) is 10.2 Å². The lowest BCUT2D eigenvalue weighted by atomic mass is 10.3. The van der Waals surface area contributed by atoms with E-state index in [1.165, 1.54) is 24.3 Å². The molecule has 0 unspecified atom stereocenters. The molecule has 0 bridgehead atoms. The molecule has 104 valence electrons. The zero-order valence-electron chi connectivity index (χ0n) is 10.7. The van der Waals surface area contributed by atoms with Gasteiger partial charge in [0.2, 0.25) is 5.91 Å². The minimum absolute atomic E-state index is 0.110. The van der Waals surface area contributed by atoms with Crippen molar-refractivity contribution in [2.45, 2.75) is 6.42 Å². The lowest BCUT2D eigenvalue weighted by molar-refractivity contribution is -0.115. The Kier molecular flexibility index (Phi) is 5.12. The Bertz CT molecular complexity index is 569. The molecule has 0 aliphatic rings. The van der Waals surface area contributed by atoms with Gasteiger partial charge in [-0.3, -0.25) is 4.79 Å². The zero-order valence-corrected chi connectivity index (χ0v) is 12.3. The van der Waals surface area contributed by atoms with Crippen LogP contribution in [0.1, 0.15) is 6.42 Å². The van der Waals surface area contributed by atoms with E-state index in [4.69, 9.17) is 0 Å². The second kappa shape index (κ2) is 7.05. The number of nitrogens with one attached hydrogen (secondary N) is 2. The quantitative estimate of drug-likeness (QED) is 0.865. The number of halogens is 2. The Labute approximate surface area is 125 Å². The van der Waals surface area contributed by atoms with Crippen LogP contribution in [0.5, 0.6) is 0 Å². The second-order valence-electron chi connectivity index (χ2n) is 4.24. The summed E-state index contributed by atoms with van der Waals surface area (Å²) in [4.78, 5) is 11.7. The molecular weight excluding hydrogens is 323 g/mol. The predicted molar refractivity (Wildman–Crippen MR) is 82.3 cm³/mol. The second-order valence-corrected chi connectivity index (χ2v) is 5.15. The number of benzene rings is 2. The number of hydrogen-bond donors (Lipinski definition) is 2. The van der Waals surface area contributed by atoms with E-state index < -0.39 is 0 Å². The molecule has 20 heavy (non-hydrogen) atoms. The van der Waals surface area contributed by atoms with Gasteiger partial charge in [0.1, 0.15) is 5.82 Å². The molecule has 0 radical (unpaired) electrons. The van der Waals surface area contributed by atoms with Gasteiger partial charge in [-0.25, -0.2) is 4.39 Å². The van der Waals surface area contributed by atoms with Crippen LogP contribution in [0.15, 0.2) is 53.0 Å². The summed E-state index contributed by atoms with van der Waals surface area (Å²) in [5.41, 5.74) is 1.56. The molecule has 3 nitrogen and oxygen atoms in total. The molecule has 2 aromatic rings. The first-order chi connectivity index (χ1) is 9.63. The summed E-state index contributed by atoms with van der Waals surface area (Å²) in [7, 11) is 0. The van der Waals surface area contributed by atoms with E-state index in [0.29, 0.717) is 18.7 Å². The van der Waals surface area contributed by atoms with Crippen molar-refractivity contribution in [3.8, 4) is 0 Å². The van der Waals surface area contributed by atoms with E-state index in [9.17, 15) is 9.18 Å². The van der Waals surface area contributed by atoms with Gasteiger partial charge in [0.05, 0.1) is 0 Å². The van der Waals surface area contributed by atoms with Crippen LogP contribution >= 0.6 is 15.9 Å². The average molecular weight is 337 g/mol. The van der Waals surface area contributed by atoms with Gasteiger partial charge in [0, 0.05) is 28.8 Å². The first-order valence-electron chi connectivity index (χ1n) is 6.18. The van der Waals surface area contributed by atoms with Crippen molar-refractivity contribution < 1.29 is 9.18 Å². The molecule has 0 spiro atoms. The van der Waals surface area contributed by atoms with Crippen molar-refractivity contribution in [2.75, 3.05) is 17.2 Å². The Balaban J connectivity index is 1.75. The third kappa shape index (κ3) is 4.66. The highest BCUT2D eigenvalue weighted by atomic mass is 79.9. The largest absolute Gasteiger partial charge is 0.385 e. The lowest BCUT2D eigenvalue weighted by Gasteiger charge is -2.07. The van der Waals surface area contributed by atoms with Crippen molar-refractivity contribution in [1.29, 1.82) is 0 Å². The molecule has 0 aliphatic carbocycles. The van der Waals surface area contributed by atoms with Crippen molar-refractivity contribution in [2.24, 2.45) is 0 Å². The third-order valence-corrected chi connectivity index (χ3v) is 3.18. The molecule has 0 atom stereocenters. The summed E-state index contributed by atoms with van der Waals surface area (Å²) < 4.78 is 13.7. The first kappa shape index (κ1) is 14.5. The topological polar surface area (TPSA) is 41.1 Å². The van der Waals surface area contributed by atoms with Gasteiger partial charge < -0.3 is 10.6 Å². The van der Waals surface area contributed by atoms with Gasteiger partial charge in [-0.1, -0.05) is 15.9 Å². The molecule has 1 amide bonds. The fourth-order valence-corrected chi connectivity index (χ4v) is 1.91. The molecule has 0 fully saturated rings. The minimum Gasteiger partial charge on any atom is -0.385 e. The Morgan fingerprint density at radius 2 is 1.60 bits per heavy atom. The van der Waals surface area contributed by atoms with Crippen LogP contribution in [-0.4, -0.2) is 12.5 Å². The normalized spacial score (nSPS) is 10.1. The van der Waals surface area contributed by atoms with E-state index in [1.54, 1.807) is 0 Å². The van der Waals surface area contributed by atoms with E-state index in [-0.39, 0.29) is 11.7 Å². The number of rotatable bonds is 5. The van der Waals surface area contributed by atoms with Gasteiger partial charge >= 0.3 is 0 Å². The average Bonchev–Trinajstić information content (AvgIpc) is 2.44. The SMILES string of the molecule is O=C(CCNc1ccc(Br)cc1)Nc1ccc(F)cc1. The molecule has 0 heterocycles. The maximum absolute atomic E-state index is 12.7. The van der Waals surface area contributed by atoms with Crippen LogP contribution in [0.25, 0.3) is 0 Å². The summed E-state index contributed by atoms with van der Waals surface area (Å²) >= 11 is 3.36. The monoisotopic (exact) mass is 336 g/mol. The lowest BCUT2D eigenvalue weighted by Crippen LogP contribution is -2.16. The van der Waals surface area contributed by atoms with Crippen LogP contribution in [0.3, 0.4) is 0 Å². The maximum Gasteiger partial charge on any atom is 0.226 e. The molecule has 5 heteroatoms. The van der Waals surface area contributed by atoms with Crippen LogP contribution in [0, 0.1) is 5.82 Å². The molecule has 0 saturated heterocycles. The molecule has 0 aromatic heterocycles. The number of anilines is 2. The summed E-state index contributed by atoms with van der Waals surface area (Å²) in [5, 5.41) is 5.87. The molecule has 0 saturated carbocycles. The van der Waals surface area contributed by atoms with E-state index >= 15 is 0 Å². The summed E-state index contributed by atoms with van der Waals surface area (Å²) in [6.45, 7) is 0.536. The number of hydrogen-bond acceptors (Lipinski definition) is 2. The van der Waals surface area contributed by atoms with Gasteiger partial charge in [0.25, 0.3) is 0 Å². The summed E-state index contributed by atoms with van der Waals surface area (Å²) in [6.07, 6.45) is 0.341. The Morgan fingerprint density at radius 1 is 1.00 bits per heavy atom. The van der Waals surface area contributed by atoms with E-state index in [2.05, 4.69) is 26.6 Å². The highest BCUT2D eigenvalue weighted by Gasteiger charge is 2.02. The van der Waals surface area contributed by atoms with Gasteiger partial charge in [-0.15, -0.1) is 0 Å². The van der Waals surface area contributed by atoms with Crippen LogP contribution in [-0.2, 0) is 4.79 Å². The summed E-state index contributed by atoms with van der Waals surface area (Å²) in [5.74, 6) is -0.430. The standard InChI is InChI=1S/C15H14BrFN2O/c16-11-1-5-13(6-2-11)18-10-9-15(20)19-14-7-3-12(17)4-8-14/h1-8,18H,9-10H2,(H,19,20). The number of amides is 1. The zero-order chi connectivity index (χ0) is 14.4. The van der Waals surface area contributed by atoms with Crippen LogP contribution < -0.4 is 10.6 Å². The highest BCUT2D eigenvalue weighted by molar-refractivity contribution is 9.10. The number of carbonyl (C=O) groups excluding carboxylic acids is 1. The Morgan fingerprint density at radius 3 is 2.25 bits per heavy atom. The molecule has 0 aliphatic heterocycles. The summed E-state index contributed by atoms with van der Waals surface area (Å²) in [6, 6.07) is 13.4. The maximum atomic E-state index is 12.7.